The van der Waals surface area contributed by atoms with Crippen LogP contribution >= 0.6 is 0 Å². The molecule has 0 aromatic carbocycles. The van der Waals surface area contributed by atoms with E-state index in [1.165, 1.54) is 31.8 Å². The molecule has 4 aliphatic heterocycles. The highest BCUT2D eigenvalue weighted by Gasteiger charge is 2.66. The lowest BCUT2D eigenvalue weighted by Crippen LogP contribution is -2.64. The second-order valence-electron chi connectivity index (χ2n) is 17.9. The molecule has 12 heteroatoms. The number of allylic oxidation sites excluding steroid dienone is 1. The minimum absolute atomic E-state index is 0.0740. The molecule has 0 bridgehead atoms. The summed E-state index contributed by atoms with van der Waals surface area (Å²) in [5.41, 5.74) is 1.76. The molecular formula is C38H60O12. The lowest BCUT2D eigenvalue weighted by atomic mass is 9.47. The van der Waals surface area contributed by atoms with Crippen LogP contribution in [0.25, 0.3) is 0 Å². The van der Waals surface area contributed by atoms with Gasteiger partial charge in [-0.15, -0.1) is 0 Å². The maximum atomic E-state index is 11.4. The maximum absolute atomic E-state index is 11.4. The number of ether oxygens (including phenoxy) is 6. The van der Waals surface area contributed by atoms with Gasteiger partial charge < -0.3 is 59.1 Å². The Morgan fingerprint density at radius 1 is 0.820 bits per heavy atom. The topological polar surface area (TPSA) is 177 Å². The van der Waals surface area contributed by atoms with E-state index in [9.17, 15) is 30.6 Å². The van der Waals surface area contributed by atoms with E-state index in [0.29, 0.717) is 42.1 Å². The summed E-state index contributed by atoms with van der Waals surface area (Å²) < 4.78 is 36.9. The Bertz CT molecular complexity index is 1270. The quantitative estimate of drug-likeness (QED) is 0.230. The van der Waals surface area contributed by atoms with Crippen molar-refractivity contribution in [2.24, 2.45) is 40.4 Å². The SMILES string of the molecule is C[C@H]1CC[C@]2(C[C@H]3[C@H](C[C@H]4[C@@H]5CC=C6C[C@H](O[C@@H]7O[C@@H](CO)[C@@H](O)[C@H](O[C@H]8O[C@@H](C)[C@H](O)[C@@H](O)[C@@H]8O)[C@H]7O)CC[C@]6(C)[C@@H]5CC[C@]43C)O2)OC1. The zero-order valence-electron chi connectivity index (χ0n) is 30.0. The molecule has 0 aromatic heterocycles. The summed E-state index contributed by atoms with van der Waals surface area (Å²) in [6.07, 6.45) is -0.512. The van der Waals surface area contributed by atoms with Crippen molar-refractivity contribution in [3.63, 3.8) is 0 Å². The molecule has 0 unspecified atom stereocenters. The van der Waals surface area contributed by atoms with E-state index in [-0.39, 0.29) is 22.7 Å². The first-order valence-electron chi connectivity index (χ1n) is 19.4. The van der Waals surface area contributed by atoms with E-state index < -0.39 is 68.0 Å². The van der Waals surface area contributed by atoms with E-state index in [2.05, 4.69) is 26.8 Å². The highest BCUT2D eigenvalue weighted by Crippen LogP contribution is 2.69. The lowest BCUT2D eigenvalue weighted by Gasteiger charge is -2.58. The minimum atomic E-state index is -1.62. The van der Waals surface area contributed by atoms with Gasteiger partial charge in [-0.05, 0) is 98.7 Å². The van der Waals surface area contributed by atoms with Crippen molar-refractivity contribution in [2.75, 3.05) is 13.2 Å². The summed E-state index contributed by atoms with van der Waals surface area (Å²) in [5.74, 6) is 2.69. The van der Waals surface area contributed by atoms with E-state index in [0.717, 1.165) is 45.1 Å². The maximum Gasteiger partial charge on any atom is 0.187 e. The van der Waals surface area contributed by atoms with Crippen molar-refractivity contribution in [1.29, 1.82) is 0 Å². The Balaban J connectivity index is 0.930. The van der Waals surface area contributed by atoms with Gasteiger partial charge in [-0.3, -0.25) is 0 Å². The molecule has 3 saturated carbocycles. The van der Waals surface area contributed by atoms with E-state index in [1.807, 2.05) is 0 Å². The fourth-order valence-electron chi connectivity index (χ4n) is 12.0. The van der Waals surface area contributed by atoms with Gasteiger partial charge in [0.05, 0.1) is 31.5 Å². The molecule has 4 aliphatic carbocycles. The van der Waals surface area contributed by atoms with Crippen molar-refractivity contribution >= 4 is 0 Å². The van der Waals surface area contributed by atoms with Crippen LogP contribution in [0, 0.1) is 40.4 Å². The molecule has 0 radical (unpaired) electrons. The predicted octanol–water partition coefficient (Wildman–Crippen LogP) is 2.14. The Kier molecular flexibility index (Phi) is 9.59. The van der Waals surface area contributed by atoms with Crippen LogP contribution in [0.5, 0.6) is 0 Å². The van der Waals surface area contributed by atoms with Gasteiger partial charge in [-0.2, -0.15) is 0 Å². The van der Waals surface area contributed by atoms with Gasteiger partial charge in [0.15, 0.2) is 18.4 Å². The monoisotopic (exact) mass is 708 g/mol. The van der Waals surface area contributed by atoms with Gasteiger partial charge in [0.1, 0.15) is 42.7 Å². The highest BCUT2D eigenvalue weighted by atomic mass is 16.7. The first-order chi connectivity index (χ1) is 23.8. The number of fused-ring (bicyclic) bond motifs is 7. The molecule has 7 fully saturated rings. The van der Waals surface area contributed by atoms with Gasteiger partial charge >= 0.3 is 0 Å². The van der Waals surface area contributed by atoms with E-state index in [1.54, 1.807) is 0 Å². The summed E-state index contributed by atoms with van der Waals surface area (Å²) in [6, 6.07) is 0. The lowest BCUT2D eigenvalue weighted by molar-refractivity contribution is -0.361. The van der Waals surface area contributed by atoms with Crippen LogP contribution in [0.15, 0.2) is 11.6 Å². The number of aliphatic hydroxyl groups is 6. The normalized spacial score (nSPS) is 57.8. The third-order valence-electron chi connectivity index (χ3n) is 15.1. The molecule has 8 rings (SSSR count). The van der Waals surface area contributed by atoms with Crippen LogP contribution in [0.2, 0.25) is 0 Å². The molecule has 1 spiro atoms. The molecule has 0 amide bonds. The summed E-state index contributed by atoms with van der Waals surface area (Å²) in [4.78, 5) is 0. The van der Waals surface area contributed by atoms with Crippen molar-refractivity contribution in [1.82, 2.24) is 0 Å². The van der Waals surface area contributed by atoms with E-state index >= 15 is 0 Å². The Labute approximate surface area is 295 Å². The average Bonchev–Trinajstić information content (AvgIpc) is 3.59. The van der Waals surface area contributed by atoms with Crippen molar-refractivity contribution in [2.45, 2.75) is 171 Å². The van der Waals surface area contributed by atoms with Crippen LogP contribution < -0.4 is 0 Å². The van der Waals surface area contributed by atoms with Gasteiger partial charge in [-0.1, -0.05) is 32.4 Å². The first kappa shape index (κ1) is 36.2. The van der Waals surface area contributed by atoms with Crippen molar-refractivity contribution in [3.05, 3.63) is 11.6 Å². The molecule has 8 aliphatic rings. The van der Waals surface area contributed by atoms with Gasteiger partial charge in [0, 0.05) is 12.8 Å². The molecule has 4 saturated heterocycles. The zero-order chi connectivity index (χ0) is 35.3. The summed E-state index contributed by atoms with van der Waals surface area (Å²) in [6.45, 7) is 9.05. The summed E-state index contributed by atoms with van der Waals surface area (Å²) in [5, 5.41) is 63.2. The number of rotatable bonds is 5. The smallest absolute Gasteiger partial charge is 0.187 e. The number of hydrogen-bond acceptors (Lipinski definition) is 12. The second-order valence-corrected chi connectivity index (χ2v) is 17.9. The molecule has 12 nitrogen and oxygen atoms in total. The minimum Gasteiger partial charge on any atom is -0.394 e. The van der Waals surface area contributed by atoms with Crippen LogP contribution in [-0.4, -0.2) is 123 Å². The molecule has 284 valence electrons. The van der Waals surface area contributed by atoms with Crippen LogP contribution in [0.1, 0.15) is 91.9 Å². The Hall–Kier alpha value is -0.740. The predicted molar refractivity (Wildman–Crippen MR) is 177 cm³/mol. The third kappa shape index (κ3) is 5.78. The molecule has 6 N–H and O–H groups in total. The van der Waals surface area contributed by atoms with Crippen LogP contribution in [-0.2, 0) is 28.4 Å². The largest absolute Gasteiger partial charge is 0.394 e. The highest BCUT2D eigenvalue weighted by molar-refractivity contribution is 5.26. The Morgan fingerprint density at radius 2 is 1.60 bits per heavy atom. The Morgan fingerprint density at radius 3 is 2.34 bits per heavy atom. The van der Waals surface area contributed by atoms with E-state index in [4.69, 9.17) is 28.4 Å². The fraction of sp³-hybridized carbons (Fsp3) is 0.947. The molecule has 50 heavy (non-hydrogen) atoms. The van der Waals surface area contributed by atoms with Crippen molar-refractivity contribution in [3.8, 4) is 0 Å². The molecule has 0 aromatic rings. The van der Waals surface area contributed by atoms with Gasteiger partial charge in [0.2, 0.25) is 0 Å². The number of aliphatic hydroxyl groups excluding tert-OH is 6. The zero-order valence-corrected chi connectivity index (χ0v) is 30.0. The molecular weight excluding hydrogens is 648 g/mol. The van der Waals surface area contributed by atoms with Crippen molar-refractivity contribution < 1.29 is 59.1 Å². The second kappa shape index (κ2) is 13.2. The third-order valence-corrected chi connectivity index (χ3v) is 15.1. The summed E-state index contributed by atoms with van der Waals surface area (Å²) >= 11 is 0. The van der Waals surface area contributed by atoms with Gasteiger partial charge in [0.25, 0.3) is 0 Å². The first-order valence-corrected chi connectivity index (χ1v) is 19.4. The molecule has 4 heterocycles. The fourth-order valence-corrected chi connectivity index (χ4v) is 12.0. The van der Waals surface area contributed by atoms with Gasteiger partial charge in [-0.25, -0.2) is 0 Å². The number of hydrogen-bond donors (Lipinski definition) is 6. The van der Waals surface area contributed by atoms with Crippen LogP contribution in [0.4, 0.5) is 0 Å². The van der Waals surface area contributed by atoms with Crippen LogP contribution in [0.3, 0.4) is 0 Å². The average molecular weight is 709 g/mol. The standard InChI is InChI=1S/C38H60O12/c1-18-7-12-38(45-17-18)15-25-26(50-38)14-24-22-6-5-20-13-21(8-10-36(20,3)23(22)9-11-37(24,25)4)47-35-32(44)33(29(41)27(16-39)48-35)49-34-31(43)30(42)28(40)19(2)46-34/h5,18-19,21-35,39-44H,6-17H2,1-4H3/t18-,19-,21+,22+,23+,24-,25-,26-,27-,28-,29+,30+,31-,32+,33-,34+,35+,36-,37+,38-/m0/s1. The summed E-state index contributed by atoms with van der Waals surface area (Å²) in [7, 11) is 0. The molecule has 20 atom stereocenters.